The number of rotatable bonds is 10. The monoisotopic (exact) mass is 569 g/mol. The molecule has 0 unspecified atom stereocenters. The summed E-state index contributed by atoms with van der Waals surface area (Å²) in [6.45, 7) is 5.72. The van der Waals surface area contributed by atoms with Gasteiger partial charge in [-0.2, -0.15) is 0 Å². The van der Waals surface area contributed by atoms with Gasteiger partial charge in [0.15, 0.2) is 5.82 Å². The first-order valence-corrected chi connectivity index (χ1v) is 13.7. The fourth-order valence-corrected chi connectivity index (χ4v) is 4.55. The Labute approximate surface area is 237 Å². The molecular weight excluding hydrogens is 534 g/mol. The van der Waals surface area contributed by atoms with Crippen LogP contribution in [0.1, 0.15) is 30.3 Å². The lowest BCUT2D eigenvalue weighted by Gasteiger charge is -2.35. The summed E-state index contributed by atoms with van der Waals surface area (Å²) >= 11 is 0. The van der Waals surface area contributed by atoms with Gasteiger partial charge in [-0.1, -0.05) is 30.3 Å². The molecule has 41 heavy (non-hydrogen) atoms. The van der Waals surface area contributed by atoms with Crippen LogP contribution in [-0.2, 0) is 19.2 Å². The highest BCUT2D eigenvalue weighted by molar-refractivity contribution is 5.97. The molecule has 2 aliphatic heterocycles. The van der Waals surface area contributed by atoms with E-state index in [0.29, 0.717) is 24.7 Å². The van der Waals surface area contributed by atoms with Gasteiger partial charge in [-0.15, -0.1) is 5.06 Å². The van der Waals surface area contributed by atoms with Gasteiger partial charge in [0.1, 0.15) is 17.6 Å². The molecule has 0 bridgehead atoms. The smallest absolute Gasteiger partial charge is 0.481 e. The average molecular weight is 570 g/mol. The fraction of sp³-hybridized carbons (Fsp3) is 0.481. The van der Waals surface area contributed by atoms with Crippen LogP contribution in [0, 0.1) is 0 Å². The Morgan fingerprint density at radius 2 is 1.73 bits per heavy atom. The number of carbonyl (C=O) groups is 4. The number of ether oxygens (including phenoxy) is 1. The van der Waals surface area contributed by atoms with E-state index in [1.165, 1.54) is 9.96 Å². The van der Waals surface area contributed by atoms with Gasteiger partial charge in [0, 0.05) is 57.3 Å². The van der Waals surface area contributed by atoms with Gasteiger partial charge in [-0.25, -0.2) is 14.8 Å². The van der Waals surface area contributed by atoms with Gasteiger partial charge in [0.2, 0.25) is 5.91 Å². The maximum atomic E-state index is 13.5. The zero-order valence-electron chi connectivity index (χ0n) is 23.0. The van der Waals surface area contributed by atoms with E-state index in [-0.39, 0.29) is 51.3 Å². The molecule has 14 nitrogen and oxygen atoms in total. The summed E-state index contributed by atoms with van der Waals surface area (Å²) < 4.78 is 4.78. The molecule has 0 spiro atoms. The van der Waals surface area contributed by atoms with Crippen molar-refractivity contribution in [3.05, 3.63) is 42.1 Å². The molecule has 0 aliphatic carbocycles. The van der Waals surface area contributed by atoms with Crippen LogP contribution in [0.4, 0.5) is 10.6 Å². The Bertz CT molecular complexity index is 1220. The first kappa shape index (κ1) is 29.7. The zero-order valence-corrected chi connectivity index (χ0v) is 23.0. The predicted molar refractivity (Wildman–Crippen MR) is 147 cm³/mol. The molecule has 3 N–H and O–H groups in total. The third-order valence-corrected chi connectivity index (χ3v) is 6.68. The summed E-state index contributed by atoms with van der Waals surface area (Å²) in [4.78, 5) is 67.7. The SMILES string of the molecule is CCOC(=O)ON1CCN(C(=O)[C@H](CCC(=O)O)NC(=O)c2cc(N3CCNCC3)nc(-c3ccccc3)n2)CC1. The number of carboxylic acid groups (broad SMARTS) is 1. The van der Waals surface area contributed by atoms with Crippen molar-refractivity contribution in [2.75, 3.05) is 63.9 Å². The largest absolute Gasteiger partial charge is 0.527 e. The number of anilines is 1. The summed E-state index contributed by atoms with van der Waals surface area (Å²) in [6, 6.07) is 9.79. The predicted octanol–water partition coefficient (Wildman–Crippen LogP) is 0.749. The van der Waals surface area contributed by atoms with E-state index in [4.69, 9.17) is 14.6 Å². The van der Waals surface area contributed by atoms with Crippen LogP contribution < -0.4 is 15.5 Å². The number of hydrogen-bond donors (Lipinski definition) is 3. The minimum absolute atomic E-state index is 0.0770. The van der Waals surface area contributed by atoms with Gasteiger partial charge in [-0.05, 0) is 13.3 Å². The Kier molecular flexibility index (Phi) is 10.4. The van der Waals surface area contributed by atoms with Crippen molar-refractivity contribution in [2.24, 2.45) is 0 Å². The Morgan fingerprint density at radius 3 is 2.39 bits per heavy atom. The number of piperazine rings is 2. The molecule has 14 heteroatoms. The van der Waals surface area contributed by atoms with E-state index in [1.807, 2.05) is 30.3 Å². The maximum Gasteiger partial charge on any atom is 0.527 e. The third kappa shape index (κ3) is 8.35. The number of hydrogen-bond acceptors (Lipinski definition) is 11. The zero-order chi connectivity index (χ0) is 29.2. The number of nitrogens with zero attached hydrogens (tertiary/aromatic N) is 5. The normalized spacial score (nSPS) is 16.5. The molecular formula is C27H35N7O7. The molecule has 0 saturated carbocycles. The van der Waals surface area contributed by atoms with E-state index in [9.17, 15) is 24.3 Å². The highest BCUT2D eigenvalue weighted by Crippen LogP contribution is 2.21. The van der Waals surface area contributed by atoms with Crippen molar-refractivity contribution in [1.82, 2.24) is 30.6 Å². The van der Waals surface area contributed by atoms with E-state index in [0.717, 1.165) is 18.7 Å². The van der Waals surface area contributed by atoms with Crippen molar-refractivity contribution in [2.45, 2.75) is 25.8 Å². The molecule has 2 aromatic rings. The van der Waals surface area contributed by atoms with Gasteiger partial charge in [0.05, 0.1) is 19.7 Å². The first-order chi connectivity index (χ1) is 19.8. The molecule has 2 amide bonds. The Morgan fingerprint density at radius 1 is 1.02 bits per heavy atom. The second-order valence-electron chi connectivity index (χ2n) is 9.53. The van der Waals surface area contributed by atoms with Crippen molar-refractivity contribution < 1.29 is 33.9 Å². The number of nitrogens with one attached hydrogen (secondary N) is 2. The van der Waals surface area contributed by atoms with Crippen LogP contribution >= 0.6 is 0 Å². The molecule has 2 fully saturated rings. The molecule has 4 rings (SSSR count). The lowest BCUT2D eigenvalue weighted by Crippen LogP contribution is -2.55. The van der Waals surface area contributed by atoms with Gasteiger partial charge in [0.25, 0.3) is 5.91 Å². The van der Waals surface area contributed by atoms with Crippen molar-refractivity contribution in [3.63, 3.8) is 0 Å². The molecule has 3 heterocycles. The summed E-state index contributed by atoms with van der Waals surface area (Å²) in [7, 11) is 0. The summed E-state index contributed by atoms with van der Waals surface area (Å²) in [5.41, 5.74) is 0.813. The quantitative estimate of drug-likeness (QED) is 0.344. The second kappa shape index (κ2) is 14.4. The highest BCUT2D eigenvalue weighted by atomic mass is 16.8. The number of benzene rings is 1. The van der Waals surface area contributed by atoms with Crippen molar-refractivity contribution in [3.8, 4) is 11.4 Å². The number of carboxylic acids is 1. The average Bonchev–Trinajstić information content (AvgIpc) is 3.00. The molecule has 2 saturated heterocycles. The van der Waals surface area contributed by atoms with Crippen molar-refractivity contribution in [1.29, 1.82) is 0 Å². The van der Waals surface area contributed by atoms with E-state index < -0.39 is 30.0 Å². The summed E-state index contributed by atoms with van der Waals surface area (Å²) in [5.74, 6) is -1.14. The topological polar surface area (TPSA) is 167 Å². The lowest BCUT2D eigenvalue weighted by atomic mass is 10.1. The summed E-state index contributed by atoms with van der Waals surface area (Å²) in [6.07, 6.45) is -1.23. The summed E-state index contributed by atoms with van der Waals surface area (Å²) in [5, 5.41) is 16.7. The molecule has 220 valence electrons. The number of carbonyl (C=O) groups excluding carboxylic acids is 3. The van der Waals surface area contributed by atoms with Gasteiger partial charge < -0.3 is 35.1 Å². The van der Waals surface area contributed by atoms with Crippen molar-refractivity contribution >= 4 is 29.8 Å². The molecule has 1 aromatic carbocycles. The minimum Gasteiger partial charge on any atom is -0.481 e. The number of aromatic nitrogens is 2. The van der Waals surface area contributed by atoms with Crippen LogP contribution in [0.15, 0.2) is 36.4 Å². The third-order valence-electron chi connectivity index (χ3n) is 6.68. The lowest BCUT2D eigenvalue weighted by molar-refractivity contribution is -0.157. The number of aliphatic carboxylic acids is 1. The molecule has 1 atom stereocenters. The minimum atomic E-state index is -1.09. The van der Waals surface area contributed by atoms with Crippen LogP contribution in [-0.4, -0.2) is 114 Å². The standard InChI is InChI=1S/C27H35N7O7/c1-2-40-27(39)41-34-16-14-33(15-17-34)26(38)20(8-9-23(35)36)30-25(37)21-18-22(32-12-10-28-11-13-32)31-24(29-21)19-6-4-3-5-7-19/h3-7,18,20,28H,2,8-17H2,1H3,(H,30,37)(H,35,36)/t20-/m0/s1. The second-order valence-corrected chi connectivity index (χ2v) is 9.53. The number of amides is 2. The maximum absolute atomic E-state index is 13.5. The van der Waals surface area contributed by atoms with E-state index in [1.54, 1.807) is 13.0 Å². The van der Waals surface area contributed by atoms with Crippen LogP contribution in [0.5, 0.6) is 0 Å². The molecule has 1 aromatic heterocycles. The van der Waals surface area contributed by atoms with E-state index >= 15 is 0 Å². The Balaban J connectivity index is 1.51. The highest BCUT2D eigenvalue weighted by Gasteiger charge is 2.31. The van der Waals surface area contributed by atoms with Crippen LogP contribution in [0.2, 0.25) is 0 Å². The van der Waals surface area contributed by atoms with Crippen LogP contribution in [0.25, 0.3) is 11.4 Å². The fourth-order valence-electron chi connectivity index (χ4n) is 4.55. The van der Waals surface area contributed by atoms with Crippen LogP contribution in [0.3, 0.4) is 0 Å². The molecule has 0 radical (unpaired) electrons. The number of hydroxylamine groups is 2. The first-order valence-electron chi connectivity index (χ1n) is 13.7. The van der Waals surface area contributed by atoms with Gasteiger partial charge >= 0.3 is 12.1 Å². The van der Waals surface area contributed by atoms with E-state index in [2.05, 4.69) is 20.5 Å². The Hall–Kier alpha value is -4.30. The van der Waals surface area contributed by atoms with Gasteiger partial charge in [-0.3, -0.25) is 14.4 Å². The molecule has 2 aliphatic rings.